The first-order valence-corrected chi connectivity index (χ1v) is 6.79. The predicted octanol–water partition coefficient (Wildman–Crippen LogP) is 2.44. The number of anilines is 1. The van der Waals surface area contributed by atoms with Crippen LogP contribution < -0.4 is 5.32 Å². The molecule has 0 fully saturated rings. The number of aromatic nitrogens is 2. The molecular weight excluding hydrogens is 212 g/mol. The zero-order chi connectivity index (χ0) is 12.5. The van der Waals surface area contributed by atoms with Crippen molar-refractivity contribution in [1.82, 2.24) is 14.5 Å². The Bertz CT molecular complexity index is 291. The highest BCUT2D eigenvalue weighted by Crippen LogP contribution is 2.05. The molecule has 0 amide bonds. The molecule has 4 heteroatoms. The van der Waals surface area contributed by atoms with Gasteiger partial charge in [0.2, 0.25) is 5.95 Å². The standard InChI is InChI=1S/C13H26N4/c1-4-8-14-13-15-9-12-17(13)11-7-10-16(5-2)6-3/h9,12H,4-8,10-11H2,1-3H3,(H,14,15). The van der Waals surface area contributed by atoms with E-state index < -0.39 is 0 Å². The lowest BCUT2D eigenvalue weighted by atomic mass is 10.3. The number of rotatable bonds is 9. The molecule has 1 N–H and O–H groups in total. The SMILES string of the molecule is CCCNc1nccn1CCCN(CC)CC. The third kappa shape index (κ3) is 4.77. The number of hydrogen-bond donors (Lipinski definition) is 1. The van der Waals surface area contributed by atoms with E-state index in [1.54, 1.807) is 0 Å². The summed E-state index contributed by atoms with van der Waals surface area (Å²) in [5.41, 5.74) is 0. The maximum Gasteiger partial charge on any atom is 0.202 e. The smallest absolute Gasteiger partial charge is 0.202 e. The van der Waals surface area contributed by atoms with Crippen LogP contribution in [-0.4, -0.2) is 40.6 Å². The molecule has 17 heavy (non-hydrogen) atoms. The highest BCUT2D eigenvalue weighted by atomic mass is 15.2. The van der Waals surface area contributed by atoms with Gasteiger partial charge in [-0.15, -0.1) is 0 Å². The molecule has 0 aliphatic rings. The number of hydrogen-bond acceptors (Lipinski definition) is 3. The van der Waals surface area contributed by atoms with Gasteiger partial charge in [-0.05, 0) is 32.5 Å². The Morgan fingerprint density at radius 2 is 2.06 bits per heavy atom. The fourth-order valence-electron chi connectivity index (χ4n) is 1.90. The second-order valence-electron chi connectivity index (χ2n) is 4.25. The van der Waals surface area contributed by atoms with Crippen LogP contribution in [0.2, 0.25) is 0 Å². The lowest BCUT2D eigenvalue weighted by Crippen LogP contribution is -2.25. The van der Waals surface area contributed by atoms with Gasteiger partial charge in [0.25, 0.3) is 0 Å². The fourth-order valence-corrected chi connectivity index (χ4v) is 1.90. The van der Waals surface area contributed by atoms with Gasteiger partial charge in [-0.25, -0.2) is 4.98 Å². The summed E-state index contributed by atoms with van der Waals surface area (Å²) in [6.07, 6.45) is 6.24. The normalized spacial score (nSPS) is 11.1. The van der Waals surface area contributed by atoms with E-state index in [0.29, 0.717) is 0 Å². The second kappa shape index (κ2) is 8.12. The quantitative estimate of drug-likeness (QED) is 0.717. The zero-order valence-electron chi connectivity index (χ0n) is 11.4. The van der Waals surface area contributed by atoms with E-state index in [9.17, 15) is 0 Å². The van der Waals surface area contributed by atoms with Crippen LogP contribution in [-0.2, 0) is 6.54 Å². The molecule has 0 aliphatic heterocycles. The van der Waals surface area contributed by atoms with Gasteiger partial charge in [0.1, 0.15) is 0 Å². The van der Waals surface area contributed by atoms with Gasteiger partial charge in [0.15, 0.2) is 0 Å². The molecule has 0 aromatic carbocycles. The van der Waals surface area contributed by atoms with Crippen LogP contribution in [0.4, 0.5) is 5.95 Å². The van der Waals surface area contributed by atoms with Crippen LogP contribution >= 0.6 is 0 Å². The van der Waals surface area contributed by atoms with Crippen molar-refractivity contribution in [1.29, 1.82) is 0 Å². The molecule has 0 radical (unpaired) electrons. The monoisotopic (exact) mass is 238 g/mol. The van der Waals surface area contributed by atoms with Crippen LogP contribution in [0.1, 0.15) is 33.6 Å². The number of imidazole rings is 1. The summed E-state index contributed by atoms with van der Waals surface area (Å²) in [5.74, 6) is 1.01. The Hall–Kier alpha value is -1.03. The average Bonchev–Trinajstić information content (AvgIpc) is 2.79. The molecule has 98 valence electrons. The Labute approximate surface area is 105 Å². The molecule has 0 aliphatic carbocycles. The average molecular weight is 238 g/mol. The van der Waals surface area contributed by atoms with Crippen molar-refractivity contribution in [2.45, 2.75) is 40.2 Å². The maximum absolute atomic E-state index is 4.33. The van der Waals surface area contributed by atoms with Crippen molar-refractivity contribution in [3.05, 3.63) is 12.4 Å². The summed E-state index contributed by atoms with van der Waals surface area (Å²) >= 11 is 0. The largest absolute Gasteiger partial charge is 0.356 e. The second-order valence-corrected chi connectivity index (χ2v) is 4.25. The van der Waals surface area contributed by atoms with Gasteiger partial charge < -0.3 is 14.8 Å². The number of aryl methyl sites for hydroxylation is 1. The van der Waals surface area contributed by atoms with E-state index in [4.69, 9.17) is 0 Å². The van der Waals surface area contributed by atoms with Gasteiger partial charge in [-0.3, -0.25) is 0 Å². The Morgan fingerprint density at radius 3 is 2.71 bits per heavy atom. The van der Waals surface area contributed by atoms with Crippen molar-refractivity contribution < 1.29 is 0 Å². The molecule has 1 aromatic rings. The summed E-state index contributed by atoms with van der Waals surface area (Å²) in [6.45, 7) is 12.1. The number of nitrogens with zero attached hydrogens (tertiary/aromatic N) is 3. The van der Waals surface area contributed by atoms with Gasteiger partial charge in [0.05, 0.1) is 0 Å². The molecular formula is C13H26N4. The summed E-state index contributed by atoms with van der Waals surface area (Å²) in [7, 11) is 0. The molecule has 0 saturated carbocycles. The minimum absolute atomic E-state index is 0.993. The minimum atomic E-state index is 0.993. The molecule has 1 heterocycles. The van der Waals surface area contributed by atoms with Crippen molar-refractivity contribution in [2.75, 3.05) is 31.5 Å². The van der Waals surface area contributed by atoms with Crippen LogP contribution in [0.5, 0.6) is 0 Å². The van der Waals surface area contributed by atoms with E-state index in [1.807, 2.05) is 6.20 Å². The summed E-state index contributed by atoms with van der Waals surface area (Å²) in [4.78, 5) is 6.78. The van der Waals surface area contributed by atoms with Crippen LogP contribution in [0.15, 0.2) is 12.4 Å². The molecule has 0 spiro atoms. The number of nitrogens with one attached hydrogen (secondary N) is 1. The van der Waals surface area contributed by atoms with Crippen molar-refractivity contribution >= 4 is 5.95 Å². The van der Waals surface area contributed by atoms with Gasteiger partial charge in [-0.2, -0.15) is 0 Å². The van der Waals surface area contributed by atoms with E-state index >= 15 is 0 Å². The van der Waals surface area contributed by atoms with Crippen molar-refractivity contribution in [3.8, 4) is 0 Å². The summed E-state index contributed by atoms with van der Waals surface area (Å²) in [6, 6.07) is 0. The van der Waals surface area contributed by atoms with Gasteiger partial charge >= 0.3 is 0 Å². The highest BCUT2D eigenvalue weighted by molar-refractivity contribution is 5.25. The van der Waals surface area contributed by atoms with E-state index in [2.05, 4.69) is 46.7 Å². The topological polar surface area (TPSA) is 33.1 Å². The zero-order valence-corrected chi connectivity index (χ0v) is 11.4. The van der Waals surface area contributed by atoms with E-state index in [-0.39, 0.29) is 0 Å². The molecule has 0 saturated heterocycles. The highest BCUT2D eigenvalue weighted by Gasteiger charge is 2.02. The fraction of sp³-hybridized carbons (Fsp3) is 0.769. The van der Waals surface area contributed by atoms with Gasteiger partial charge in [-0.1, -0.05) is 20.8 Å². The lowest BCUT2D eigenvalue weighted by Gasteiger charge is -2.18. The van der Waals surface area contributed by atoms with E-state index in [0.717, 1.165) is 38.5 Å². The third-order valence-electron chi connectivity index (χ3n) is 3.02. The summed E-state index contributed by atoms with van der Waals surface area (Å²) in [5, 5.41) is 3.35. The molecule has 1 aromatic heterocycles. The first-order valence-electron chi connectivity index (χ1n) is 6.79. The first kappa shape index (κ1) is 14.0. The van der Waals surface area contributed by atoms with E-state index in [1.165, 1.54) is 13.0 Å². The Kier molecular flexibility index (Phi) is 6.70. The summed E-state index contributed by atoms with van der Waals surface area (Å²) < 4.78 is 2.21. The first-order chi connectivity index (χ1) is 8.31. The minimum Gasteiger partial charge on any atom is -0.356 e. The maximum atomic E-state index is 4.33. The lowest BCUT2D eigenvalue weighted by molar-refractivity contribution is 0.293. The van der Waals surface area contributed by atoms with Crippen LogP contribution in [0.25, 0.3) is 0 Å². The molecule has 0 atom stereocenters. The Morgan fingerprint density at radius 1 is 1.29 bits per heavy atom. The predicted molar refractivity (Wildman–Crippen MR) is 73.4 cm³/mol. The molecule has 0 bridgehead atoms. The molecule has 4 nitrogen and oxygen atoms in total. The molecule has 1 rings (SSSR count). The Balaban J connectivity index is 2.33. The van der Waals surface area contributed by atoms with Gasteiger partial charge in [0, 0.05) is 25.5 Å². The molecule has 0 unspecified atom stereocenters. The van der Waals surface area contributed by atoms with Crippen LogP contribution in [0, 0.1) is 0 Å². The van der Waals surface area contributed by atoms with Crippen molar-refractivity contribution in [2.24, 2.45) is 0 Å². The van der Waals surface area contributed by atoms with Crippen molar-refractivity contribution in [3.63, 3.8) is 0 Å². The van der Waals surface area contributed by atoms with Crippen LogP contribution in [0.3, 0.4) is 0 Å². The third-order valence-corrected chi connectivity index (χ3v) is 3.02.